The Morgan fingerprint density at radius 3 is 2.71 bits per heavy atom. The Kier molecular flexibility index (Phi) is 5.50. The summed E-state index contributed by atoms with van der Waals surface area (Å²) in [5.41, 5.74) is 6.20. The van der Waals surface area contributed by atoms with Crippen LogP contribution in [0.4, 0.5) is 15.0 Å². The second kappa shape index (κ2) is 8.25. The molecule has 0 radical (unpaired) electrons. The smallest absolute Gasteiger partial charge is 0.416 e. The van der Waals surface area contributed by atoms with Crippen LogP contribution in [-0.2, 0) is 12.1 Å². The summed E-state index contributed by atoms with van der Waals surface area (Å²) in [4.78, 5) is 22.1. The van der Waals surface area contributed by atoms with E-state index in [-0.39, 0.29) is 18.4 Å². The minimum Gasteiger partial charge on any atom is -0.417 e. The number of oxazole rings is 1. The lowest BCUT2D eigenvalue weighted by Gasteiger charge is -2.52. The molecule has 1 saturated carbocycles. The first-order chi connectivity index (χ1) is 15.1. The van der Waals surface area contributed by atoms with Crippen molar-refractivity contribution in [2.24, 2.45) is 0 Å². The number of amides is 1. The lowest BCUT2D eigenvalue weighted by molar-refractivity contribution is 0.00111. The number of hydrogen-bond donors (Lipinski definition) is 1. The van der Waals surface area contributed by atoms with Gasteiger partial charge >= 0.3 is 12.2 Å². The van der Waals surface area contributed by atoms with Crippen molar-refractivity contribution in [1.29, 1.82) is 0 Å². The fourth-order valence-corrected chi connectivity index (χ4v) is 3.93. The first kappa shape index (κ1) is 20.6. The summed E-state index contributed by atoms with van der Waals surface area (Å²) in [5, 5.41) is 0. The molecule has 5 rings (SSSR count). The van der Waals surface area contributed by atoms with Gasteiger partial charge in [-0.05, 0) is 37.5 Å². The quantitative estimate of drug-likeness (QED) is 0.626. The van der Waals surface area contributed by atoms with Gasteiger partial charge in [0.2, 0.25) is 0 Å². The molecule has 1 aliphatic heterocycles. The second-order valence-electron chi connectivity index (χ2n) is 7.07. The number of aromatic nitrogens is 2. The van der Waals surface area contributed by atoms with Crippen LogP contribution in [0.25, 0.3) is 0 Å². The largest absolute Gasteiger partial charge is 0.417 e. The Hall–Kier alpha value is -3.62. The van der Waals surface area contributed by atoms with E-state index in [9.17, 15) is 9.18 Å². The number of pyridine rings is 1. The fraction of sp³-hybridized carbons (Fsp3) is 0.318. The van der Waals surface area contributed by atoms with Gasteiger partial charge in [0.1, 0.15) is 17.8 Å². The molecule has 3 heterocycles. The highest BCUT2D eigenvalue weighted by Gasteiger charge is 2.51. The number of nitrogens with two attached hydrogens (primary N) is 1. The van der Waals surface area contributed by atoms with Crippen molar-refractivity contribution in [3.63, 3.8) is 0 Å². The molecule has 8 nitrogen and oxygen atoms in total. The maximum atomic E-state index is 14.4. The number of halogens is 1. The third-order valence-corrected chi connectivity index (χ3v) is 5.51. The van der Waals surface area contributed by atoms with E-state index in [1.807, 2.05) is 19.9 Å². The van der Waals surface area contributed by atoms with Gasteiger partial charge in [-0.25, -0.2) is 14.2 Å². The zero-order chi connectivity index (χ0) is 22.0. The van der Waals surface area contributed by atoms with Crippen molar-refractivity contribution in [3.8, 4) is 17.6 Å². The van der Waals surface area contributed by atoms with Crippen molar-refractivity contribution in [3.05, 3.63) is 59.9 Å². The lowest BCUT2D eigenvalue weighted by Crippen LogP contribution is -2.57. The number of benzene rings is 1. The second-order valence-corrected chi connectivity index (χ2v) is 7.07. The number of anilines is 1. The SMILES string of the molecule is CC.Nc1nccc(CN2C(=O)Oc3cc(Oc4ncco4)ccc3C23CCC3)c1F. The fourth-order valence-electron chi connectivity index (χ4n) is 3.93. The summed E-state index contributed by atoms with van der Waals surface area (Å²) in [6, 6.07) is 6.79. The number of carbonyl (C=O) groups excluding carboxylic acids is 1. The first-order valence-corrected chi connectivity index (χ1v) is 10.2. The minimum atomic E-state index is -0.615. The Morgan fingerprint density at radius 1 is 1.23 bits per heavy atom. The summed E-state index contributed by atoms with van der Waals surface area (Å²) >= 11 is 0. The highest BCUT2D eigenvalue weighted by molar-refractivity contribution is 5.76. The average molecular weight is 426 g/mol. The van der Waals surface area contributed by atoms with Crippen LogP contribution >= 0.6 is 0 Å². The molecule has 1 fully saturated rings. The summed E-state index contributed by atoms with van der Waals surface area (Å²) in [5.74, 6) is 0.0547. The van der Waals surface area contributed by atoms with E-state index in [4.69, 9.17) is 19.6 Å². The lowest BCUT2D eigenvalue weighted by atomic mass is 9.69. The van der Waals surface area contributed by atoms with Gasteiger partial charge < -0.3 is 19.6 Å². The van der Waals surface area contributed by atoms with Crippen LogP contribution in [0.3, 0.4) is 0 Å². The molecule has 0 unspecified atom stereocenters. The number of nitrogens with zero attached hydrogens (tertiary/aromatic N) is 3. The summed E-state index contributed by atoms with van der Waals surface area (Å²) in [6.07, 6.45) is 6.34. The normalized spacial score (nSPS) is 16.0. The Labute approximate surface area is 178 Å². The van der Waals surface area contributed by atoms with Crippen LogP contribution in [0.2, 0.25) is 0 Å². The Balaban J connectivity index is 0.00000112. The van der Waals surface area contributed by atoms with E-state index in [2.05, 4.69) is 9.97 Å². The standard InChI is InChI=1S/C20H17FN4O4.C2H6/c21-16-12(4-7-23-17(16)22)11-25-19(26)29-15-10-13(28-18-24-8-9-27-18)2-3-14(15)20(25)5-1-6-20;1-2/h2-4,7-10H,1,5-6,11H2,(H2,22,23);1-2H3. The van der Waals surface area contributed by atoms with E-state index >= 15 is 0 Å². The molecule has 2 aromatic heterocycles. The third-order valence-electron chi connectivity index (χ3n) is 5.51. The predicted octanol–water partition coefficient (Wildman–Crippen LogP) is 5.00. The molecule has 2 aliphatic rings. The maximum absolute atomic E-state index is 14.4. The van der Waals surface area contributed by atoms with Crippen LogP contribution in [0, 0.1) is 5.82 Å². The van der Waals surface area contributed by atoms with E-state index in [0.717, 1.165) is 24.8 Å². The van der Waals surface area contributed by atoms with Crippen molar-refractivity contribution < 1.29 is 23.1 Å². The molecule has 0 saturated heterocycles. The van der Waals surface area contributed by atoms with Crippen LogP contribution in [0.15, 0.2) is 47.3 Å². The molecule has 3 aromatic rings. The molecule has 1 spiro atoms. The van der Waals surface area contributed by atoms with Crippen LogP contribution < -0.4 is 15.2 Å². The molecule has 9 heteroatoms. The van der Waals surface area contributed by atoms with Gasteiger partial charge in [0.05, 0.1) is 18.3 Å². The molecule has 1 aromatic carbocycles. The number of nitrogen functional groups attached to an aromatic ring is 1. The number of ether oxygens (including phenoxy) is 2. The molecule has 31 heavy (non-hydrogen) atoms. The number of rotatable bonds is 4. The van der Waals surface area contributed by atoms with Gasteiger partial charge in [0, 0.05) is 23.4 Å². The van der Waals surface area contributed by atoms with Gasteiger partial charge in [-0.1, -0.05) is 13.8 Å². The van der Waals surface area contributed by atoms with Crippen molar-refractivity contribution in [2.45, 2.75) is 45.2 Å². The molecule has 0 atom stereocenters. The van der Waals surface area contributed by atoms with E-state index in [1.54, 1.807) is 17.0 Å². The van der Waals surface area contributed by atoms with Gasteiger partial charge in [0.25, 0.3) is 0 Å². The topological polar surface area (TPSA) is 104 Å². The Morgan fingerprint density at radius 2 is 2.03 bits per heavy atom. The number of hydrogen-bond acceptors (Lipinski definition) is 7. The van der Waals surface area contributed by atoms with E-state index in [1.165, 1.54) is 24.7 Å². The molecular formula is C22H23FN4O4. The molecule has 1 amide bonds. The molecule has 2 N–H and O–H groups in total. The highest BCUT2D eigenvalue weighted by atomic mass is 19.1. The monoisotopic (exact) mass is 426 g/mol. The Bertz CT molecular complexity index is 1080. The maximum Gasteiger partial charge on any atom is 0.416 e. The third kappa shape index (κ3) is 3.56. The zero-order valence-corrected chi connectivity index (χ0v) is 17.3. The van der Waals surface area contributed by atoms with Crippen molar-refractivity contribution in [2.75, 3.05) is 5.73 Å². The molecule has 1 aliphatic carbocycles. The summed E-state index contributed by atoms with van der Waals surface area (Å²) in [7, 11) is 0. The molecule has 162 valence electrons. The number of fused-ring (bicyclic) bond motifs is 2. The summed E-state index contributed by atoms with van der Waals surface area (Å²) in [6.45, 7) is 4.05. The van der Waals surface area contributed by atoms with Gasteiger partial charge in [-0.3, -0.25) is 4.90 Å². The summed E-state index contributed by atoms with van der Waals surface area (Å²) < 4.78 is 30.6. The van der Waals surface area contributed by atoms with Crippen LogP contribution in [0.1, 0.15) is 44.2 Å². The number of carbonyl (C=O) groups is 1. The minimum absolute atomic E-state index is 0.0470. The molecular weight excluding hydrogens is 403 g/mol. The van der Waals surface area contributed by atoms with Gasteiger partial charge in [-0.2, -0.15) is 4.98 Å². The highest BCUT2D eigenvalue weighted by Crippen LogP contribution is 2.53. The van der Waals surface area contributed by atoms with Crippen LogP contribution in [0.5, 0.6) is 17.6 Å². The van der Waals surface area contributed by atoms with Gasteiger partial charge in [-0.15, -0.1) is 0 Å². The van der Waals surface area contributed by atoms with Crippen molar-refractivity contribution in [1.82, 2.24) is 14.9 Å². The predicted molar refractivity (Wildman–Crippen MR) is 110 cm³/mol. The van der Waals surface area contributed by atoms with Gasteiger partial charge in [0.15, 0.2) is 11.6 Å². The first-order valence-electron chi connectivity index (χ1n) is 10.2. The van der Waals surface area contributed by atoms with E-state index in [0.29, 0.717) is 17.1 Å². The average Bonchev–Trinajstić information content (AvgIpc) is 3.25. The van der Waals surface area contributed by atoms with Crippen molar-refractivity contribution >= 4 is 11.9 Å². The van der Waals surface area contributed by atoms with E-state index < -0.39 is 17.4 Å². The molecule has 0 bridgehead atoms. The zero-order valence-electron chi connectivity index (χ0n) is 17.3. The van der Waals surface area contributed by atoms with Crippen LogP contribution in [-0.4, -0.2) is 21.0 Å².